The average Bonchev–Trinajstić information content (AvgIpc) is 3.82. The van der Waals surface area contributed by atoms with Gasteiger partial charge in [0.1, 0.15) is 11.2 Å². The summed E-state index contributed by atoms with van der Waals surface area (Å²) in [6, 6.07) is 67.5. The fourth-order valence-corrected chi connectivity index (χ4v) is 7.99. The van der Waals surface area contributed by atoms with Gasteiger partial charge in [0.05, 0.1) is 11.0 Å². The lowest BCUT2D eigenvalue weighted by Gasteiger charge is -2.10. The van der Waals surface area contributed by atoms with Crippen molar-refractivity contribution in [2.75, 3.05) is 0 Å². The molecule has 3 aromatic heterocycles. The summed E-state index contributed by atoms with van der Waals surface area (Å²) < 4.78 is 8.72. The van der Waals surface area contributed by atoms with Gasteiger partial charge in [0.25, 0.3) is 0 Å². The molecule has 56 heavy (non-hydrogen) atoms. The van der Waals surface area contributed by atoms with Gasteiger partial charge in [-0.1, -0.05) is 152 Å². The van der Waals surface area contributed by atoms with Gasteiger partial charge in [0.2, 0.25) is 0 Å². The van der Waals surface area contributed by atoms with Crippen molar-refractivity contribution in [2.45, 2.75) is 0 Å². The zero-order valence-electron chi connectivity index (χ0n) is 30.2. The topological polar surface area (TPSA) is 56.7 Å². The van der Waals surface area contributed by atoms with E-state index >= 15 is 0 Å². The van der Waals surface area contributed by atoms with E-state index in [1.165, 1.54) is 21.9 Å². The second-order valence-corrected chi connectivity index (χ2v) is 14.0. The Bertz CT molecular complexity index is 3160. The molecule has 0 aliphatic heterocycles. The second-order valence-electron chi connectivity index (χ2n) is 14.0. The highest BCUT2D eigenvalue weighted by Gasteiger charge is 2.18. The van der Waals surface area contributed by atoms with Crippen LogP contribution in [0.5, 0.6) is 0 Å². The zero-order chi connectivity index (χ0) is 37.0. The standard InChI is InChI=1S/C51H32N4O/c1-4-13-33(14-5-1)38-27-29-46-42(31-38)43-32-39(28-30-47(43)56-46)55-44-21-11-10-19-41(44)48-40(20-12-22-45(48)55)34-23-25-37(26-24-34)51-53-49(35-15-6-2-7-16-35)52-50(54-51)36-17-8-3-9-18-36/h1-32H. The number of para-hydroxylation sites is 1. The van der Waals surface area contributed by atoms with E-state index in [0.29, 0.717) is 17.5 Å². The van der Waals surface area contributed by atoms with Crippen molar-refractivity contribution in [2.24, 2.45) is 0 Å². The first-order chi connectivity index (χ1) is 27.7. The summed E-state index contributed by atoms with van der Waals surface area (Å²) in [4.78, 5) is 14.8. The SMILES string of the molecule is c1ccc(-c2ccc3oc4ccc(-n5c6ccccc6c6c(-c7ccc(-c8nc(-c9ccccc9)nc(-c9ccccc9)n8)cc7)cccc65)cc4c3c2)cc1. The highest BCUT2D eigenvalue weighted by atomic mass is 16.3. The van der Waals surface area contributed by atoms with E-state index in [0.717, 1.165) is 66.5 Å². The van der Waals surface area contributed by atoms with Gasteiger partial charge < -0.3 is 8.98 Å². The van der Waals surface area contributed by atoms with E-state index in [2.05, 4.69) is 132 Å². The molecule has 5 heteroatoms. The Kier molecular flexibility index (Phi) is 7.42. The molecule has 3 heterocycles. The lowest BCUT2D eigenvalue weighted by Crippen LogP contribution is -2.00. The Balaban J connectivity index is 1.03. The van der Waals surface area contributed by atoms with Gasteiger partial charge in [-0.05, 0) is 64.7 Å². The highest BCUT2D eigenvalue weighted by Crippen LogP contribution is 2.40. The maximum atomic E-state index is 6.35. The lowest BCUT2D eigenvalue weighted by molar-refractivity contribution is 0.669. The molecule has 11 rings (SSSR count). The van der Waals surface area contributed by atoms with E-state index in [1.54, 1.807) is 0 Å². The number of aromatic nitrogens is 4. The summed E-state index contributed by atoms with van der Waals surface area (Å²) in [6.07, 6.45) is 0. The van der Waals surface area contributed by atoms with E-state index < -0.39 is 0 Å². The van der Waals surface area contributed by atoms with Gasteiger partial charge in [-0.2, -0.15) is 0 Å². The van der Waals surface area contributed by atoms with Crippen LogP contribution in [-0.2, 0) is 0 Å². The smallest absolute Gasteiger partial charge is 0.164 e. The molecule has 0 atom stereocenters. The Morgan fingerprint density at radius 1 is 0.339 bits per heavy atom. The molecule has 0 saturated heterocycles. The van der Waals surface area contributed by atoms with Gasteiger partial charge in [0, 0.05) is 43.9 Å². The first-order valence-corrected chi connectivity index (χ1v) is 18.8. The summed E-state index contributed by atoms with van der Waals surface area (Å²) in [5.41, 5.74) is 12.6. The summed E-state index contributed by atoms with van der Waals surface area (Å²) in [6.45, 7) is 0. The van der Waals surface area contributed by atoms with Crippen LogP contribution >= 0.6 is 0 Å². The average molecular weight is 717 g/mol. The first-order valence-electron chi connectivity index (χ1n) is 18.8. The van der Waals surface area contributed by atoms with Crippen LogP contribution in [0, 0.1) is 0 Å². The first kappa shape index (κ1) is 31.9. The molecule has 0 bridgehead atoms. The van der Waals surface area contributed by atoms with Crippen molar-refractivity contribution in [1.82, 2.24) is 19.5 Å². The van der Waals surface area contributed by atoms with Crippen molar-refractivity contribution in [1.29, 1.82) is 0 Å². The fraction of sp³-hybridized carbons (Fsp3) is 0. The molecule has 8 aromatic carbocycles. The number of benzene rings is 8. The molecule has 0 aliphatic carbocycles. The van der Waals surface area contributed by atoms with E-state index in [9.17, 15) is 0 Å². The predicted molar refractivity (Wildman–Crippen MR) is 229 cm³/mol. The van der Waals surface area contributed by atoms with Gasteiger partial charge in [-0.3, -0.25) is 0 Å². The number of hydrogen-bond acceptors (Lipinski definition) is 4. The minimum Gasteiger partial charge on any atom is -0.456 e. The Morgan fingerprint density at radius 3 is 1.50 bits per heavy atom. The third-order valence-corrected chi connectivity index (χ3v) is 10.7. The van der Waals surface area contributed by atoms with Crippen LogP contribution in [0.3, 0.4) is 0 Å². The zero-order valence-corrected chi connectivity index (χ0v) is 30.2. The van der Waals surface area contributed by atoms with Crippen molar-refractivity contribution < 1.29 is 4.42 Å². The molecular formula is C51H32N4O. The molecule has 0 radical (unpaired) electrons. The largest absolute Gasteiger partial charge is 0.456 e. The number of nitrogens with zero attached hydrogens (tertiary/aromatic N) is 4. The summed E-state index contributed by atoms with van der Waals surface area (Å²) in [5, 5.41) is 4.60. The molecular weight excluding hydrogens is 685 g/mol. The van der Waals surface area contributed by atoms with Crippen molar-refractivity contribution >= 4 is 43.7 Å². The molecule has 0 N–H and O–H groups in total. The van der Waals surface area contributed by atoms with E-state index in [-0.39, 0.29) is 0 Å². The van der Waals surface area contributed by atoms with Crippen LogP contribution in [0.25, 0.3) is 106 Å². The summed E-state index contributed by atoms with van der Waals surface area (Å²) in [7, 11) is 0. The molecule has 0 fully saturated rings. The van der Waals surface area contributed by atoms with Crippen molar-refractivity contribution in [3.05, 3.63) is 194 Å². The van der Waals surface area contributed by atoms with E-state index in [1.807, 2.05) is 66.7 Å². The van der Waals surface area contributed by atoms with Crippen LogP contribution in [0.1, 0.15) is 0 Å². The van der Waals surface area contributed by atoms with Crippen LogP contribution in [0.2, 0.25) is 0 Å². The molecule has 0 aliphatic rings. The quantitative estimate of drug-likeness (QED) is 0.172. The second kappa shape index (κ2) is 13.0. The molecule has 11 aromatic rings. The monoisotopic (exact) mass is 716 g/mol. The Hall–Kier alpha value is -7.63. The highest BCUT2D eigenvalue weighted by molar-refractivity contribution is 6.16. The maximum absolute atomic E-state index is 6.35. The van der Waals surface area contributed by atoms with Crippen molar-refractivity contribution in [3.63, 3.8) is 0 Å². The third kappa shape index (κ3) is 5.37. The maximum Gasteiger partial charge on any atom is 0.164 e. The predicted octanol–water partition coefficient (Wildman–Crippen LogP) is 13.2. The normalized spacial score (nSPS) is 11.6. The third-order valence-electron chi connectivity index (χ3n) is 10.7. The number of furan rings is 1. The summed E-state index contributed by atoms with van der Waals surface area (Å²) in [5.74, 6) is 1.93. The fourth-order valence-electron chi connectivity index (χ4n) is 7.99. The van der Waals surface area contributed by atoms with Crippen LogP contribution < -0.4 is 0 Å². The van der Waals surface area contributed by atoms with Gasteiger partial charge in [0.15, 0.2) is 17.5 Å². The number of hydrogen-bond donors (Lipinski definition) is 0. The Labute approximate surface area is 322 Å². The van der Waals surface area contributed by atoms with E-state index in [4.69, 9.17) is 19.4 Å². The van der Waals surface area contributed by atoms with Crippen LogP contribution in [0.4, 0.5) is 0 Å². The van der Waals surface area contributed by atoms with Crippen molar-refractivity contribution in [3.8, 4) is 62.1 Å². The molecule has 0 amide bonds. The molecule has 0 spiro atoms. The molecule has 0 saturated carbocycles. The molecule has 0 unspecified atom stereocenters. The number of rotatable bonds is 6. The summed E-state index contributed by atoms with van der Waals surface area (Å²) >= 11 is 0. The van der Waals surface area contributed by atoms with Gasteiger partial charge >= 0.3 is 0 Å². The Morgan fingerprint density at radius 2 is 0.839 bits per heavy atom. The number of fused-ring (bicyclic) bond motifs is 6. The van der Waals surface area contributed by atoms with Gasteiger partial charge in [-0.25, -0.2) is 15.0 Å². The molecule has 262 valence electrons. The molecule has 5 nitrogen and oxygen atoms in total. The van der Waals surface area contributed by atoms with Crippen LogP contribution in [-0.4, -0.2) is 19.5 Å². The minimum absolute atomic E-state index is 0.636. The minimum atomic E-state index is 0.636. The lowest BCUT2D eigenvalue weighted by atomic mass is 9.98. The van der Waals surface area contributed by atoms with Gasteiger partial charge in [-0.15, -0.1) is 0 Å². The van der Waals surface area contributed by atoms with Crippen LogP contribution in [0.15, 0.2) is 199 Å².